The number of phenolic OH excluding ortho intramolecular Hbond substituents is 1. The minimum atomic E-state index is -4.47. The number of aliphatic hydroxyl groups is 1. The Morgan fingerprint density at radius 1 is 1.09 bits per heavy atom. The van der Waals surface area contributed by atoms with Gasteiger partial charge in [-0.3, -0.25) is 4.98 Å². The smallest absolute Gasteiger partial charge is 0.417 e. The van der Waals surface area contributed by atoms with Crippen LogP contribution >= 0.6 is 12.4 Å². The third kappa shape index (κ3) is 2.95. The Labute approximate surface area is 195 Å². The van der Waals surface area contributed by atoms with Crippen LogP contribution in [0.15, 0.2) is 42.5 Å². The van der Waals surface area contributed by atoms with Crippen LogP contribution < -0.4 is 0 Å². The van der Waals surface area contributed by atoms with Crippen molar-refractivity contribution in [2.75, 3.05) is 13.6 Å². The van der Waals surface area contributed by atoms with E-state index in [1.165, 1.54) is 6.07 Å². The zero-order chi connectivity index (χ0) is 22.5. The van der Waals surface area contributed by atoms with Gasteiger partial charge in [-0.15, -0.1) is 12.4 Å². The van der Waals surface area contributed by atoms with Gasteiger partial charge in [-0.2, -0.15) is 13.2 Å². The lowest BCUT2D eigenvalue weighted by molar-refractivity contribution is -0.145. The van der Waals surface area contributed by atoms with Gasteiger partial charge in [0.1, 0.15) is 5.75 Å². The first kappa shape index (κ1) is 22.4. The molecule has 33 heavy (non-hydrogen) atoms. The summed E-state index contributed by atoms with van der Waals surface area (Å²) in [6.45, 7) is 0.795. The van der Waals surface area contributed by atoms with E-state index in [4.69, 9.17) is 0 Å². The van der Waals surface area contributed by atoms with E-state index in [-0.39, 0.29) is 36.0 Å². The van der Waals surface area contributed by atoms with Crippen molar-refractivity contribution in [3.63, 3.8) is 0 Å². The summed E-state index contributed by atoms with van der Waals surface area (Å²) in [5, 5.41) is 22.6. The molecule has 1 aliphatic heterocycles. The number of alkyl halides is 3. The number of piperidine rings is 1. The lowest BCUT2D eigenvalue weighted by atomic mass is 9.49. The van der Waals surface area contributed by atoms with E-state index in [0.717, 1.165) is 29.4 Å². The first-order valence-electron chi connectivity index (χ1n) is 10.9. The third-order valence-corrected chi connectivity index (χ3v) is 8.09. The van der Waals surface area contributed by atoms with E-state index in [0.29, 0.717) is 30.3 Å². The minimum absolute atomic E-state index is 0. The highest BCUT2D eigenvalue weighted by Gasteiger charge is 2.64. The number of benzene rings is 2. The summed E-state index contributed by atoms with van der Waals surface area (Å²) in [6.07, 6.45) is -2.48. The molecule has 3 atom stereocenters. The Bertz CT molecular complexity index is 1280. The number of aromatic hydroxyl groups is 1. The number of likely N-dealkylation sites (tertiary alicyclic amines) is 1. The van der Waals surface area contributed by atoms with Crippen LogP contribution in [0.25, 0.3) is 10.9 Å². The summed E-state index contributed by atoms with van der Waals surface area (Å²) < 4.78 is 40.9. The normalized spacial score (nSPS) is 28.5. The van der Waals surface area contributed by atoms with Crippen molar-refractivity contribution in [2.45, 2.75) is 48.9 Å². The van der Waals surface area contributed by atoms with E-state index < -0.39 is 22.8 Å². The first-order chi connectivity index (χ1) is 15.1. The summed E-state index contributed by atoms with van der Waals surface area (Å²) >= 11 is 0. The fourth-order valence-electron chi connectivity index (χ4n) is 6.54. The standard InChI is InChI=1S/C25H23F3N2O2.ClH/c1-30-8-7-23-13-21-15(9-17-18(25(26,27)28)3-2-4-20(17)29-21)12-24(23,32)22(30)10-14-5-6-16(31)11-19(14)23;/h2-6,9,11,22,31-32H,7-8,10,12-13H2,1H3;1H/t22-,23-,24-;/m1./s1. The number of nitrogens with zero attached hydrogens (tertiary/aromatic N) is 2. The fraction of sp³-hybridized carbons (Fsp3) is 0.400. The molecule has 8 heteroatoms. The van der Waals surface area contributed by atoms with Crippen molar-refractivity contribution in [3.05, 3.63) is 70.4 Å². The van der Waals surface area contributed by atoms with Crippen LogP contribution in [0.2, 0.25) is 0 Å². The number of pyridine rings is 1. The van der Waals surface area contributed by atoms with Gasteiger partial charge in [0.2, 0.25) is 0 Å². The molecular weight excluding hydrogens is 453 g/mol. The van der Waals surface area contributed by atoms with E-state index in [1.54, 1.807) is 24.3 Å². The van der Waals surface area contributed by atoms with Crippen LogP contribution in [0.4, 0.5) is 13.2 Å². The summed E-state index contributed by atoms with van der Waals surface area (Å²) in [5.41, 5.74) is 1.29. The Morgan fingerprint density at radius 3 is 2.64 bits per heavy atom. The van der Waals surface area contributed by atoms with Gasteiger partial charge < -0.3 is 15.1 Å². The van der Waals surface area contributed by atoms with Gasteiger partial charge in [0.15, 0.2) is 0 Å². The SMILES string of the molecule is CN1CC[C@]23Cc4nc5cccc(C(F)(F)F)c5cc4C[C@@]2(O)[C@H]1Cc1ccc(O)cc13.Cl. The number of fused-ring (bicyclic) bond motifs is 3. The number of aromatic nitrogens is 1. The largest absolute Gasteiger partial charge is 0.508 e. The van der Waals surface area contributed by atoms with E-state index in [1.807, 2.05) is 13.1 Å². The molecule has 3 aromatic rings. The van der Waals surface area contributed by atoms with Crippen LogP contribution in [0.1, 0.15) is 34.4 Å². The number of rotatable bonds is 0. The van der Waals surface area contributed by atoms with Gasteiger partial charge in [-0.05, 0) is 73.5 Å². The van der Waals surface area contributed by atoms with Gasteiger partial charge in [0.05, 0.1) is 16.7 Å². The second-order valence-corrected chi connectivity index (χ2v) is 9.62. The van der Waals surface area contributed by atoms with Gasteiger partial charge in [-0.1, -0.05) is 12.1 Å². The maximum Gasteiger partial charge on any atom is 0.417 e. The second-order valence-electron chi connectivity index (χ2n) is 9.62. The Kier molecular flexibility index (Phi) is 4.81. The number of hydrogen-bond donors (Lipinski definition) is 2. The molecule has 0 unspecified atom stereocenters. The molecule has 0 radical (unpaired) electrons. The molecule has 2 bridgehead atoms. The van der Waals surface area contributed by atoms with Crippen molar-refractivity contribution < 1.29 is 23.4 Å². The number of hydrogen-bond acceptors (Lipinski definition) is 4. The molecule has 1 saturated heterocycles. The molecule has 3 aliphatic rings. The molecule has 0 amide bonds. The second kappa shape index (κ2) is 7.08. The summed E-state index contributed by atoms with van der Waals surface area (Å²) in [4.78, 5) is 6.84. The minimum Gasteiger partial charge on any atom is -0.508 e. The molecule has 0 spiro atoms. The highest BCUT2D eigenvalue weighted by atomic mass is 35.5. The Balaban J connectivity index is 0.00000228. The molecule has 2 heterocycles. The Morgan fingerprint density at radius 2 is 1.88 bits per heavy atom. The lowest BCUT2D eigenvalue weighted by Gasteiger charge is -2.63. The molecular formula is C25H24ClF3N2O2. The third-order valence-electron chi connectivity index (χ3n) is 8.09. The van der Waals surface area contributed by atoms with Crippen LogP contribution in [-0.2, 0) is 30.9 Å². The van der Waals surface area contributed by atoms with Crippen LogP contribution in [0, 0.1) is 0 Å². The molecule has 6 rings (SSSR count). The van der Waals surface area contributed by atoms with Gasteiger partial charge in [-0.25, -0.2) is 0 Å². The van der Waals surface area contributed by atoms with Crippen LogP contribution in [0.3, 0.4) is 0 Å². The highest BCUT2D eigenvalue weighted by molar-refractivity contribution is 5.85. The predicted octanol–water partition coefficient (Wildman–Crippen LogP) is 4.41. The molecule has 4 nitrogen and oxygen atoms in total. The van der Waals surface area contributed by atoms with Gasteiger partial charge in [0, 0.05) is 35.4 Å². The fourth-order valence-corrected chi connectivity index (χ4v) is 6.54. The topological polar surface area (TPSA) is 56.6 Å². The molecule has 2 aromatic carbocycles. The van der Waals surface area contributed by atoms with Gasteiger partial charge in [0.25, 0.3) is 0 Å². The van der Waals surface area contributed by atoms with Crippen molar-refractivity contribution in [1.29, 1.82) is 0 Å². The number of phenols is 1. The molecule has 1 fully saturated rings. The molecule has 174 valence electrons. The summed E-state index contributed by atoms with van der Waals surface area (Å²) in [5.74, 6) is 0.157. The average molecular weight is 477 g/mol. The number of likely N-dealkylation sites (N-methyl/N-ethyl adjacent to an activating group) is 1. The van der Waals surface area contributed by atoms with E-state index in [9.17, 15) is 23.4 Å². The lowest BCUT2D eigenvalue weighted by Crippen LogP contribution is -2.73. The molecule has 2 aliphatic carbocycles. The monoisotopic (exact) mass is 476 g/mol. The Hall–Kier alpha value is -2.35. The van der Waals surface area contributed by atoms with Crippen molar-refractivity contribution in [2.24, 2.45) is 0 Å². The summed E-state index contributed by atoms with van der Waals surface area (Å²) in [6, 6.07) is 10.9. The van der Waals surface area contributed by atoms with Crippen molar-refractivity contribution >= 4 is 23.3 Å². The highest BCUT2D eigenvalue weighted by Crippen LogP contribution is 2.57. The van der Waals surface area contributed by atoms with E-state index in [2.05, 4.69) is 9.88 Å². The van der Waals surface area contributed by atoms with Crippen LogP contribution in [-0.4, -0.2) is 45.3 Å². The van der Waals surface area contributed by atoms with Crippen molar-refractivity contribution in [3.8, 4) is 5.75 Å². The maximum absolute atomic E-state index is 13.6. The van der Waals surface area contributed by atoms with Crippen molar-refractivity contribution in [1.82, 2.24) is 9.88 Å². The molecule has 1 aromatic heterocycles. The zero-order valence-corrected chi connectivity index (χ0v) is 18.8. The average Bonchev–Trinajstić information content (AvgIpc) is 2.72. The predicted molar refractivity (Wildman–Crippen MR) is 121 cm³/mol. The first-order valence-corrected chi connectivity index (χ1v) is 10.9. The molecule has 0 saturated carbocycles. The molecule has 2 N–H and O–H groups in total. The quantitative estimate of drug-likeness (QED) is 0.504. The van der Waals surface area contributed by atoms with Gasteiger partial charge >= 0.3 is 6.18 Å². The maximum atomic E-state index is 13.6. The summed E-state index contributed by atoms with van der Waals surface area (Å²) in [7, 11) is 1.99. The number of halogens is 4. The zero-order valence-electron chi connectivity index (χ0n) is 18.0. The van der Waals surface area contributed by atoms with E-state index >= 15 is 0 Å². The van der Waals surface area contributed by atoms with Crippen LogP contribution in [0.5, 0.6) is 5.75 Å².